The van der Waals surface area contributed by atoms with Crippen LogP contribution >= 0.6 is 22.6 Å². The van der Waals surface area contributed by atoms with Gasteiger partial charge in [-0.15, -0.1) is 0 Å². The number of esters is 2. The summed E-state index contributed by atoms with van der Waals surface area (Å²) in [7, 11) is 2.44. The molecule has 0 spiro atoms. The van der Waals surface area contributed by atoms with Gasteiger partial charge in [0.05, 0.1) is 37.4 Å². The molecule has 0 saturated carbocycles. The summed E-state index contributed by atoms with van der Waals surface area (Å²) in [4.78, 5) is 27.3. The fraction of sp³-hybridized carbons (Fsp3) is 0.174. The number of aryl methyl sites for hydroxylation is 1. The van der Waals surface area contributed by atoms with Crippen molar-refractivity contribution in [3.8, 4) is 6.07 Å². The first kappa shape index (κ1) is 22.4. The van der Waals surface area contributed by atoms with Gasteiger partial charge in [-0.25, -0.2) is 9.59 Å². The average Bonchev–Trinajstić information content (AvgIpc) is 2.79. The van der Waals surface area contributed by atoms with E-state index < -0.39 is 17.9 Å². The minimum absolute atomic E-state index is 0.0121. The van der Waals surface area contributed by atoms with Crippen molar-refractivity contribution in [2.45, 2.75) is 12.8 Å². The predicted octanol–water partition coefficient (Wildman–Crippen LogP) is 3.50. The number of anilines is 1. The topological polar surface area (TPSA) is 106 Å². The van der Waals surface area contributed by atoms with Gasteiger partial charge in [0.1, 0.15) is 11.5 Å². The second kappa shape index (κ2) is 9.22. The van der Waals surface area contributed by atoms with Crippen LogP contribution in [0.25, 0.3) is 0 Å². The molecule has 31 heavy (non-hydrogen) atoms. The number of ether oxygens (including phenoxy) is 2. The van der Waals surface area contributed by atoms with Crippen LogP contribution in [0.3, 0.4) is 0 Å². The van der Waals surface area contributed by atoms with E-state index in [1.54, 1.807) is 30.3 Å². The van der Waals surface area contributed by atoms with Crippen LogP contribution in [0.1, 0.15) is 17.0 Å². The van der Waals surface area contributed by atoms with Crippen molar-refractivity contribution in [2.75, 3.05) is 19.1 Å². The maximum absolute atomic E-state index is 13.0. The lowest BCUT2D eigenvalue weighted by atomic mass is 9.81. The summed E-state index contributed by atoms with van der Waals surface area (Å²) < 4.78 is 11.0. The zero-order chi connectivity index (χ0) is 22.7. The third kappa shape index (κ3) is 4.01. The Balaban J connectivity index is 2.41. The molecule has 0 radical (unpaired) electrons. The average molecular weight is 529 g/mol. The first-order chi connectivity index (χ1) is 14.8. The van der Waals surface area contributed by atoms with Crippen LogP contribution in [0.15, 0.2) is 71.2 Å². The fourth-order valence-corrected chi connectivity index (χ4v) is 4.00. The van der Waals surface area contributed by atoms with Gasteiger partial charge in [0.2, 0.25) is 0 Å². The molecule has 0 aromatic heterocycles. The van der Waals surface area contributed by atoms with E-state index in [1.165, 1.54) is 19.1 Å². The van der Waals surface area contributed by atoms with Crippen LogP contribution in [0.5, 0.6) is 0 Å². The summed E-state index contributed by atoms with van der Waals surface area (Å²) in [5.74, 6) is -2.35. The SMILES string of the molecule is COC(=O)C1=C(C(=O)OC)N(c2ccc(C)c(I)c2)C(N)=C(C#N)C1c1ccccc1. The van der Waals surface area contributed by atoms with Crippen molar-refractivity contribution in [3.63, 3.8) is 0 Å². The van der Waals surface area contributed by atoms with E-state index in [2.05, 4.69) is 28.7 Å². The minimum atomic E-state index is -0.881. The number of nitrogens with zero attached hydrogens (tertiary/aromatic N) is 2. The fourth-order valence-electron chi connectivity index (χ4n) is 3.50. The Hall–Kier alpha value is -3.32. The third-order valence-corrected chi connectivity index (χ3v) is 6.19. The van der Waals surface area contributed by atoms with Crippen LogP contribution in [-0.4, -0.2) is 26.2 Å². The van der Waals surface area contributed by atoms with E-state index in [-0.39, 0.29) is 22.7 Å². The van der Waals surface area contributed by atoms with Crippen molar-refractivity contribution in [1.82, 2.24) is 0 Å². The van der Waals surface area contributed by atoms with Crippen LogP contribution in [0.2, 0.25) is 0 Å². The van der Waals surface area contributed by atoms with Gasteiger partial charge in [-0.1, -0.05) is 36.4 Å². The largest absolute Gasteiger partial charge is 0.466 e. The number of carbonyl (C=O) groups is 2. The molecule has 7 nitrogen and oxygen atoms in total. The molecule has 1 aliphatic rings. The molecule has 1 aliphatic heterocycles. The number of rotatable bonds is 4. The van der Waals surface area contributed by atoms with Crippen molar-refractivity contribution in [3.05, 3.63) is 85.9 Å². The van der Waals surface area contributed by atoms with Gasteiger partial charge >= 0.3 is 11.9 Å². The van der Waals surface area contributed by atoms with Gasteiger partial charge < -0.3 is 15.2 Å². The molecule has 2 aromatic rings. The highest BCUT2D eigenvalue weighted by Gasteiger charge is 2.42. The van der Waals surface area contributed by atoms with Crippen molar-refractivity contribution < 1.29 is 19.1 Å². The zero-order valence-corrected chi connectivity index (χ0v) is 19.3. The smallest absolute Gasteiger partial charge is 0.355 e. The van der Waals surface area contributed by atoms with E-state index in [4.69, 9.17) is 15.2 Å². The van der Waals surface area contributed by atoms with Gasteiger partial charge in [0.15, 0.2) is 0 Å². The lowest BCUT2D eigenvalue weighted by Gasteiger charge is -2.36. The molecule has 0 fully saturated rings. The Kier molecular flexibility index (Phi) is 6.65. The number of nitriles is 1. The number of carbonyl (C=O) groups excluding carboxylic acids is 2. The lowest BCUT2D eigenvalue weighted by molar-refractivity contribution is -0.139. The first-order valence-corrected chi connectivity index (χ1v) is 10.3. The highest BCUT2D eigenvalue weighted by Crippen LogP contribution is 2.43. The number of benzene rings is 2. The highest BCUT2D eigenvalue weighted by molar-refractivity contribution is 14.1. The predicted molar refractivity (Wildman–Crippen MR) is 123 cm³/mol. The third-order valence-electron chi connectivity index (χ3n) is 5.02. The standard InChI is InChI=1S/C23H20IN3O4/c1-13-9-10-15(11-17(13)24)27-20(23(29)31-3)19(22(28)30-2)18(16(12-25)21(27)26)14-7-5-4-6-8-14/h4-11,18H,26H2,1-3H3. The monoisotopic (exact) mass is 529 g/mol. The molecule has 2 aromatic carbocycles. The number of halogens is 1. The molecule has 2 N–H and O–H groups in total. The summed E-state index contributed by atoms with van der Waals surface area (Å²) >= 11 is 2.17. The first-order valence-electron chi connectivity index (χ1n) is 9.27. The molecule has 0 amide bonds. The Morgan fingerprint density at radius 2 is 1.74 bits per heavy atom. The maximum Gasteiger partial charge on any atom is 0.355 e. The molecular weight excluding hydrogens is 509 g/mol. The molecule has 0 aliphatic carbocycles. The van der Waals surface area contributed by atoms with Crippen LogP contribution in [-0.2, 0) is 19.1 Å². The number of hydrogen-bond acceptors (Lipinski definition) is 7. The second-order valence-electron chi connectivity index (χ2n) is 6.77. The summed E-state index contributed by atoms with van der Waals surface area (Å²) in [6.45, 7) is 1.95. The van der Waals surface area contributed by atoms with Crippen LogP contribution in [0.4, 0.5) is 5.69 Å². The van der Waals surface area contributed by atoms with Crippen LogP contribution in [0, 0.1) is 21.8 Å². The molecule has 1 atom stereocenters. The maximum atomic E-state index is 13.0. The summed E-state index contributed by atoms with van der Waals surface area (Å²) in [5, 5.41) is 10.0. The van der Waals surface area contributed by atoms with E-state index in [0.29, 0.717) is 11.3 Å². The number of hydrogen-bond donors (Lipinski definition) is 1. The Morgan fingerprint density at radius 1 is 1.10 bits per heavy atom. The normalized spacial score (nSPS) is 16.1. The summed E-state index contributed by atoms with van der Waals surface area (Å²) in [6, 6.07) is 16.5. The molecule has 0 bridgehead atoms. The zero-order valence-electron chi connectivity index (χ0n) is 17.2. The van der Waals surface area contributed by atoms with Gasteiger partial charge in [-0.2, -0.15) is 5.26 Å². The van der Waals surface area contributed by atoms with Gasteiger partial charge in [0.25, 0.3) is 0 Å². The Labute approximate surface area is 193 Å². The quantitative estimate of drug-likeness (QED) is 0.478. The highest BCUT2D eigenvalue weighted by atomic mass is 127. The van der Waals surface area contributed by atoms with Crippen LogP contribution < -0.4 is 10.6 Å². The van der Waals surface area contributed by atoms with Crippen molar-refractivity contribution >= 4 is 40.2 Å². The number of nitrogens with two attached hydrogens (primary N) is 1. The molecule has 1 unspecified atom stereocenters. The van der Waals surface area contributed by atoms with Crippen molar-refractivity contribution in [2.24, 2.45) is 5.73 Å². The molecule has 8 heteroatoms. The minimum Gasteiger partial charge on any atom is -0.466 e. The Morgan fingerprint density at radius 3 is 2.29 bits per heavy atom. The van der Waals surface area contributed by atoms with E-state index in [9.17, 15) is 14.9 Å². The lowest BCUT2D eigenvalue weighted by Crippen LogP contribution is -2.40. The van der Waals surface area contributed by atoms with E-state index in [1.807, 2.05) is 25.1 Å². The molecule has 3 rings (SSSR count). The van der Waals surface area contributed by atoms with E-state index in [0.717, 1.165) is 9.13 Å². The van der Waals surface area contributed by atoms with E-state index >= 15 is 0 Å². The number of methoxy groups -OCH3 is 2. The summed E-state index contributed by atoms with van der Waals surface area (Å²) in [6.07, 6.45) is 0. The molecular formula is C23H20IN3O4. The molecule has 0 saturated heterocycles. The van der Waals surface area contributed by atoms with Gasteiger partial charge in [-0.05, 0) is 52.8 Å². The van der Waals surface area contributed by atoms with Gasteiger partial charge in [0, 0.05) is 9.26 Å². The second-order valence-corrected chi connectivity index (χ2v) is 7.93. The summed E-state index contributed by atoms with van der Waals surface area (Å²) in [5.41, 5.74) is 8.67. The van der Waals surface area contributed by atoms with Crippen molar-refractivity contribution in [1.29, 1.82) is 5.26 Å². The molecule has 1 heterocycles. The van der Waals surface area contributed by atoms with Gasteiger partial charge in [-0.3, -0.25) is 4.90 Å². The number of allylic oxidation sites excluding steroid dienone is 1. The Bertz CT molecular complexity index is 1150. The molecule has 158 valence electrons.